The van der Waals surface area contributed by atoms with Crippen molar-refractivity contribution in [3.05, 3.63) is 53.2 Å². The van der Waals surface area contributed by atoms with Crippen molar-refractivity contribution in [3.63, 3.8) is 0 Å². The largest absolute Gasteiger partial charge is 0.480 e. The molecule has 2 aromatic carbocycles. The smallest absolute Gasteiger partial charge is 0.323 e. The molecule has 0 saturated carbocycles. The third-order valence-electron chi connectivity index (χ3n) is 5.86. The highest BCUT2D eigenvalue weighted by atomic mass is 16.5. The minimum Gasteiger partial charge on any atom is -0.480 e. The van der Waals surface area contributed by atoms with Crippen molar-refractivity contribution in [1.29, 1.82) is 5.26 Å². The maximum Gasteiger partial charge on any atom is 0.323 e. The Hall–Kier alpha value is -3.90. The fourth-order valence-electron chi connectivity index (χ4n) is 4.41. The molecule has 9 nitrogen and oxygen atoms in total. The number of carbonyl (C=O) groups is 2. The Morgan fingerprint density at radius 2 is 2.19 bits per heavy atom. The summed E-state index contributed by atoms with van der Waals surface area (Å²) in [6.45, 7) is 0.605. The van der Waals surface area contributed by atoms with Gasteiger partial charge in [0, 0.05) is 24.2 Å². The van der Waals surface area contributed by atoms with Gasteiger partial charge in [0.1, 0.15) is 12.6 Å². The van der Waals surface area contributed by atoms with E-state index in [1.54, 1.807) is 10.7 Å². The van der Waals surface area contributed by atoms with Crippen LogP contribution in [0.25, 0.3) is 10.9 Å². The van der Waals surface area contributed by atoms with E-state index < -0.39 is 5.97 Å². The number of rotatable bonds is 5. The Labute approximate surface area is 183 Å². The fraction of sp³-hybridized carbons (Fsp3) is 0.304. The highest BCUT2D eigenvalue weighted by Crippen LogP contribution is 2.33. The second-order valence-corrected chi connectivity index (χ2v) is 7.98. The Kier molecular flexibility index (Phi) is 4.99. The zero-order valence-corrected chi connectivity index (χ0v) is 17.2. The van der Waals surface area contributed by atoms with E-state index in [0.717, 1.165) is 30.3 Å². The van der Waals surface area contributed by atoms with Crippen LogP contribution in [0.1, 0.15) is 47.1 Å². The molecule has 1 unspecified atom stereocenters. The van der Waals surface area contributed by atoms with Gasteiger partial charge in [-0.25, -0.2) is 4.68 Å². The van der Waals surface area contributed by atoms with Crippen LogP contribution >= 0.6 is 0 Å². The number of aromatic nitrogens is 2. The summed E-state index contributed by atoms with van der Waals surface area (Å²) in [5.41, 5.74) is 3.70. The standard InChI is InChI=1S/C23H21N5O4/c24-11-18-16-10-15(7-8-19(16)28(26-18)20-6-1-2-9-32-20)25-17-5-3-4-14-12-27(13-21(29)30)23(31)22(14)17/h3-5,7-8,10,20,25H,1-2,6,9,12-13H2,(H,29,30). The van der Waals surface area contributed by atoms with E-state index in [4.69, 9.17) is 9.84 Å². The average Bonchev–Trinajstić information content (AvgIpc) is 3.32. The first-order valence-electron chi connectivity index (χ1n) is 10.5. The van der Waals surface area contributed by atoms with E-state index in [9.17, 15) is 14.9 Å². The molecule has 0 radical (unpaired) electrons. The van der Waals surface area contributed by atoms with Crippen molar-refractivity contribution in [2.75, 3.05) is 18.5 Å². The molecule has 1 amide bonds. The lowest BCUT2D eigenvalue weighted by Crippen LogP contribution is -2.30. The van der Waals surface area contributed by atoms with Gasteiger partial charge in [-0.2, -0.15) is 10.4 Å². The molecule has 1 fully saturated rings. The number of anilines is 2. The van der Waals surface area contributed by atoms with Crippen LogP contribution in [-0.4, -0.2) is 44.8 Å². The summed E-state index contributed by atoms with van der Waals surface area (Å²) in [6, 6.07) is 13.2. The van der Waals surface area contributed by atoms with E-state index in [1.807, 2.05) is 30.3 Å². The quantitative estimate of drug-likeness (QED) is 0.635. The van der Waals surface area contributed by atoms with E-state index in [1.165, 1.54) is 4.90 Å². The number of carboxylic acids is 1. The molecule has 2 N–H and O–H groups in total. The topological polar surface area (TPSA) is 120 Å². The molecule has 5 rings (SSSR count). The van der Waals surface area contributed by atoms with Gasteiger partial charge in [0.15, 0.2) is 11.9 Å². The van der Waals surface area contributed by atoms with Crippen molar-refractivity contribution in [1.82, 2.24) is 14.7 Å². The summed E-state index contributed by atoms with van der Waals surface area (Å²) in [4.78, 5) is 25.2. The second kappa shape index (κ2) is 7.98. The number of hydrogen-bond acceptors (Lipinski definition) is 6. The van der Waals surface area contributed by atoms with Crippen LogP contribution in [0.4, 0.5) is 11.4 Å². The number of benzene rings is 2. The number of ether oxygens (including phenoxy) is 1. The molecule has 0 spiro atoms. The van der Waals surface area contributed by atoms with Crippen molar-refractivity contribution in [2.45, 2.75) is 32.0 Å². The number of fused-ring (bicyclic) bond motifs is 2. The van der Waals surface area contributed by atoms with Crippen molar-refractivity contribution < 1.29 is 19.4 Å². The van der Waals surface area contributed by atoms with Crippen LogP contribution in [-0.2, 0) is 16.1 Å². The van der Waals surface area contributed by atoms with Crippen LogP contribution in [0, 0.1) is 11.3 Å². The zero-order valence-electron chi connectivity index (χ0n) is 17.2. The summed E-state index contributed by atoms with van der Waals surface area (Å²) in [5, 5.41) is 27.1. The molecule has 9 heteroatoms. The van der Waals surface area contributed by atoms with Gasteiger partial charge in [0.25, 0.3) is 5.91 Å². The maximum atomic E-state index is 12.8. The first kappa shape index (κ1) is 20.0. The van der Waals surface area contributed by atoms with E-state index in [2.05, 4.69) is 16.5 Å². The molecule has 1 saturated heterocycles. The molecule has 1 aromatic heterocycles. The minimum absolute atomic E-state index is 0.178. The Bertz CT molecular complexity index is 1270. The summed E-state index contributed by atoms with van der Waals surface area (Å²) >= 11 is 0. The molecule has 3 aromatic rings. The van der Waals surface area contributed by atoms with Crippen LogP contribution < -0.4 is 5.32 Å². The Morgan fingerprint density at radius 1 is 1.31 bits per heavy atom. The molecule has 32 heavy (non-hydrogen) atoms. The van der Waals surface area contributed by atoms with Crippen LogP contribution in [0.3, 0.4) is 0 Å². The number of nitrogens with one attached hydrogen (secondary N) is 1. The molecule has 162 valence electrons. The summed E-state index contributed by atoms with van der Waals surface area (Å²) in [7, 11) is 0. The highest BCUT2D eigenvalue weighted by Gasteiger charge is 2.31. The second-order valence-electron chi connectivity index (χ2n) is 7.98. The first-order chi connectivity index (χ1) is 15.5. The van der Waals surface area contributed by atoms with Gasteiger partial charge in [-0.05, 0) is 49.1 Å². The minimum atomic E-state index is -1.05. The number of nitriles is 1. The van der Waals surface area contributed by atoms with Crippen LogP contribution in [0.15, 0.2) is 36.4 Å². The molecule has 2 aliphatic heterocycles. The predicted molar refractivity (Wildman–Crippen MR) is 115 cm³/mol. The maximum absolute atomic E-state index is 12.8. The number of amides is 1. The monoisotopic (exact) mass is 431 g/mol. The third-order valence-corrected chi connectivity index (χ3v) is 5.86. The van der Waals surface area contributed by atoms with E-state index in [0.29, 0.717) is 34.6 Å². The van der Waals surface area contributed by atoms with Crippen molar-refractivity contribution in [2.24, 2.45) is 0 Å². The number of hydrogen-bond donors (Lipinski definition) is 2. The lowest BCUT2D eigenvalue weighted by atomic mass is 10.1. The Morgan fingerprint density at radius 3 is 2.94 bits per heavy atom. The molecule has 1 atom stereocenters. The zero-order chi connectivity index (χ0) is 22.2. The van der Waals surface area contributed by atoms with Gasteiger partial charge in [-0.3, -0.25) is 9.59 Å². The van der Waals surface area contributed by atoms with Gasteiger partial charge < -0.3 is 20.1 Å². The lowest BCUT2D eigenvalue weighted by molar-refractivity contribution is -0.137. The van der Waals surface area contributed by atoms with Gasteiger partial charge in [-0.15, -0.1) is 0 Å². The summed E-state index contributed by atoms with van der Waals surface area (Å²) < 4.78 is 7.63. The number of carbonyl (C=O) groups excluding carboxylic acids is 1. The SMILES string of the molecule is N#Cc1nn(C2CCCCO2)c2ccc(Nc3cccc4c3C(=O)N(CC(=O)O)C4)cc12. The number of aliphatic carboxylic acids is 1. The Balaban J connectivity index is 1.48. The number of carboxylic acid groups (broad SMARTS) is 1. The number of nitrogens with zero attached hydrogens (tertiary/aromatic N) is 4. The molecular weight excluding hydrogens is 410 g/mol. The summed E-state index contributed by atoms with van der Waals surface area (Å²) in [5.74, 6) is -1.36. The first-order valence-corrected chi connectivity index (χ1v) is 10.5. The molecule has 0 aliphatic carbocycles. The molecular formula is C23H21N5O4. The van der Waals surface area contributed by atoms with Crippen molar-refractivity contribution >= 4 is 34.2 Å². The van der Waals surface area contributed by atoms with Crippen LogP contribution in [0.5, 0.6) is 0 Å². The van der Waals surface area contributed by atoms with E-state index >= 15 is 0 Å². The van der Waals surface area contributed by atoms with E-state index in [-0.39, 0.29) is 25.2 Å². The lowest BCUT2D eigenvalue weighted by Gasteiger charge is -2.23. The van der Waals surface area contributed by atoms with Gasteiger partial charge in [0.05, 0.1) is 16.8 Å². The predicted octanol–water partition coefficient (Wildman–Crippen LogP) is 3.39. The summed E-state index contributed by atoms with van der Waals surface area (Å²) in [6.07, 6.45) is 2.76. The molecule has 2 aliphatic rings. The fourth-order valence-corrected chi connectivity index (χ4v) is 4.41. The molecule has 3 heterocycles. The van der Waals surface area contributed by atoms with Gasteiger partial charge in [0.2, 0.25) is 0 Å². The third kappa shape index (κ3) is 3.44. The van der Waals surface area contributed by atoms with Crippen molar-refractivity contribution in [3.8, 4) is 6.07 Å². The van der Waals surface area contributed by atoms with Gasteiger partial charge in [-0.1, -0.05) is 12.1 Å². The average molecular weight is 431 g/mol. The van der Waals surface area contributed by atoms with Gasteiger partial charge >= 0.3 is 5.97 Å². The highest BCUT2D eigenvalue weighted by molar-refractivity contribution is 6.05. The normalized spacial score (nSPS) is 17.9. The van der Waals surface area contributed by atoms with Crippen LogP contribution in [0.2, 0.25) is 0 Å². The molecule has 0 bridgehead atoms.